The van der Waals surface area contributed by atoms with Crippen LogP contribution in [-0.2, 0) is 34.3 Å². The summed E-state index contributed by atoms with van der Waals surface area (Å²) >= 11 is 0. The lowest BCUT2D eigenvalue weighted by molar-refractivity contribution is -0.0575. The van der Waals surface area contributed by atoms with Crippen molar-refractivity contribution in [1.29, 1.82) is 0 Å². The molecule has 1 N–H and O–H groups in total. The number of hydrogen-bond donors (Lipinski definition) is 1. The predicted molar refractivity (Wildman–Crippen MR) is 134 cm³/mol. The first-order valence-corrected chi connectivity index (χ1v) is 13.3. The molecule has 2 fully saturated rings. The van der Waals surface area contributed by atoms with E-state index in [1.807, 2.05) is 121 Å². The predicted octanol–water partition coefficient (Wildman–Crippen LogP) is 5.76. The third kappa shape index (κ3) is 3.66. The van der Waals surface area contributed by atoms with Gasteiger partial charge >= 0.3 is 7.82 Å². The van der Waals surface area contributed by atoms with Crippen molar-refractivity contribution in [1.82, 2.24) is 0 Å². The Kier molecular flexibility index (Phi) is 5.89. The van der Waals surface area contributed by atoms with Gasteiger partial charge in [0.2, 0.25) is 0 Å². The minimum Gasteiger partial charge on any atom is -0.346 e. The highest BCUT2D eigenvalue weighted by Crippen LogP contribution is 2.65. The average Bonchev–Trinajstić information content (AvgIpc) is 3.40. The quantitative estimate of drug-likeness (QED) is 0.359. The summed E-state index contributed by atoms with van der Waals surface area (Å²) in [4.78, 5) is 11.4. The molecule has 0 saturated carbocycles. The summed E-state index contributed by atoms with van der Waals surface area (Å²) < 4.78 is 39.1. The highest BCUT2D eigenvalue weighted by atomic mass is 31.2. The fraction of sp³-hybridized carbons (Fsp3) is 0.172. The molecule has 182 valence electrons. The molecule has 0 amide bonds. The van der Waals surface area contributed by atoms with E-state index < -0.39 is 31.2 Å². The normalized spacial score (nSPS) is 23.9. The Hall–Kier alpha value is -3.09. The highest BCUT2D eigenvalue weighted by molar-refractivity contribution is 7.47. The number of ether oxygens (including phenoxy) is 2. The fourth-order valence-corrected chi connectivity index (χ4v) is 6.85. The number of fused-ring (bicyclic) bond motifs is 1. The lowest BCUT2D eigenvalue weighted by Crippen LogP contribution is -2.53. The van der Waals surface area contributed by atoms with E-state index in [1.54, 1.807) is 0 Å². The lowest BCUT2D eigenvalue weighted by atomic mass is 9.72. The molecule has 2 saturated heterocycles. The Labute approximate surface area is 209 Å². The Bertz CT molecular complexity index is 1180. The van der Waals surface area contributed by atoms with Crippen molar-refractivity contribution in [2.45, 2.75) is 23.4 Å². The molecular weight excluding hydrogens is 475 g/mol. The van der Waals surface area contributed by atoms with Crippen LogP contribution in [0.3, 0.4) is 0 Å². The third-order valence-corrected chi connectivity index (χ3v) is 7.94. The summed E-state index contributed by atoms with van der Waals surface area (Å²) in [6.45, 7) is -0.0272. The van der Waals surface area contributed by atoms with Gasteiger partial charge in [0.15, 0.2) is 11.2 Å². The second-order valence-electron chi connectivity index (χ2n) is 8.88. The summed E-state index contributed by atoms with van der Waals surface area (Å²) in [6, 6.07) is 37.4. The molecule has 7 heteroatoms. The van der Waals surface area contributed by atoms with E-state index in [-0.39, 0.29) is 6.79 Å². The summed E-state index contributed by atoms with van der Waals surface area (Å²) in [6.07, 6.45) is -1.66. The van der Waals surface area contributed by atoms with E-state index in [0.717, 1.165) is 0 Å². The maximum absolute atomic E-state index is 14.0. The zero-order valence-electron chi connectivity index (χ0n) is 19.3. The van der Waals surface area contributed by atoms with Crippen molar-refractivity contribution < 1.29 is 28.0 Å². The Morgan fingerprint density at radius 3 is 1.11 bits per heavy atom. The molecule has 0 aliphatic carbocycles. The zero-order chi connectivity index (χ0) is 24.6. The van der Waals surface area contributed by atoms with Gasteiger partial charge in [-0.3, -0.25) is 9.05 Å². The van der Waals surface area contributed by atoms with E-state index in [9.17, 15) is 9.46 Å². The molecule has 4 aromatic rings. The van der Waals surface area contributed by atoms with Crippen molar-refractivity contribution in [3.63, 3.8) is 0 Å². The molecule has 6 nitrogen and oxygen atoms in total. The van der Waals surface area contributed by atoms with Crippen molar-refractivity contribution in [3.8, 4) is 0 Å². The minimum atomic E-state index is -4.75. The lowest BCUT2D eigenvalue weighted by Gasteiger charge is -2.41. The average molecular weight is 500 g/mol. The molecule has 0 radical (unpaired) electrons. The summed E-state index contributed by atoms with van der Waals surface area (Å²) in [5.74, 6) is 0. The first-order valence-electron chi connectivity index (χ1n) is 11.8. The number of phosphoric acid groups is 1. The van der Waals surface area contributed by atoms with Crippen LogP contribution in [0.2, 0.25) is 0 Å². The van der Waals surface area contributed by atoms with Gasteiger partial charge in [0.1, 0.15) is 19.0 Å². The largest absolute Gasteiger partial charge is 0.474 e. The van der Waals surface area contributed by atoms with Gasteiger partial charge in [0.25, 0.3) is 0 Å². The van der Waals surface area contributed by atoms with Gasteiger partial charge in [0.05, 0.1) is 0 Å². The van der Waals surface area contributed by atoms with Crippen molar-refractivity contribution in [2.75, 3.05) is 6.79 Å². The number of phosphoric ester groups is 1. The second kappa shape index (κ2) is 9.09. The van der Waals surface area contributed by atoms with E-state index >= 15 is 0 Å². The van der Waals surface area contributed by atoms with Gasteiger partial charge in [-0.15, -0.1) is 0 Å². The standard InChI is InChI=1S/C29H25O6P/c30-36(31)34-28(22-13-5-1-6-14-22,23-15-7-2-8-16-23)26-27(33-21-32-26)29(35-36,24-17-9-3-10-18-24)25-19-11-4-12-20-25/h1-20,26-27H,21H2,(H,30,31)/t26-,27-/m1/s1. The van der Waals surface area contributed by atoms with E-state index in [0.29, 0.717) is 22.3 Å². The molecule has 4 aromatic carbocycles. The van der Waals surface area contributed by atoms with Crippen LogP contribution in [-0.4, -0.2) is 23.9 Å². The molecule has 0 spiro atoms. The van der Waals surface area contributed by atoms with Crippen LogP contribution >= 0.6 is 7.82 Å². The second-order valence-corrected chi connectivity index (χ2v) is 10.2. The SMILES string of the molecule is O=P1(O)OC(c2ccccc2)(c2ccccc2)[C@@H]2OCO[C@H]2C(c2ccccc2)(c2ccccc2)O1. The van der Waals surface area contributed by atoms with Gasteiger partial charge in [0, 0.05) is 0 Å². The number of benzene rings is 4. The molecule has 0 aromatic heterocycles. The number of rotatable bonds is 4. The summed E-state index contributed by atoms with van der Waals surface area (Å²) in [5, 5.41) is 0. The van der Waals surface area contributed by atoms with Crippen LogP contribution in [0, 0.1) is 0 Å². The Morgan fingerprint density at radius 2 is 0.833 bits per heavy atom. The van der Waals surface area contributed by atoms with Gasteiger partial charge in [-0.25, -0.2) is 4.57 Å². The van der Waals surface area contributed by atoms with Crippen LogP contribution in [0.5, 0.6) is 0 Å². The summed E-state index contributed by atoms with van der Waals surface area (Å²) in [5.41, 5.74) is -0.338. The van der Waals surface area contributed by atoms with Crippen LogP contribution in [0.25, 0.3) is 0 Å². The van der Waals surface area contributed by atoms with Crippen LogP contribution in [0.15, 0.2) is 121 Å². The molecule has 6 rings (SSSR count). The van der Waals surface area contributed by atoms with E-state index in [1.165, 1.54) is 0 Å². The molecule has 2 aliphatic heterocycles. The minimum absolute atomic E-state index is 0.0272. The Balaban J connectivity index is 1.68. The molecular formula is C29H25O6P. The van der Waals surface area contributed by atoms with Gasteiger partial charge < -0.3 is 14.4 Å². The molecule has 2 aliphatic rings. The van der Waals surface area contributed by atoms with Gasteiger partial charge in [-0.1, -0.05) is 121 Å². The van der Waals surface area contributed by atoms with Crippen molar-refractivity contribution in [3.05, 3.63) is 144 Å². The Morgan fingerprint density at radius 1 is 0.556 bits per heavy atom. The van der Waals surface area contributed by atoms with Crippen LogP contribution in [0.4, 0.5) is 0 Å². The molecule has 2 heterocycles. The molecule has 0 bridgehead atoms. The first kappa shape index (κ1) is 23.3. The van der Waals surface area contributed by atoms with Gasteiger partial charge in [-0.05, 0) is 22.3 Å². The topological polar surface area (TPSA) is 74.2 Å². The van der Waals surface area contributed by atoms with Crippen molar-refractivity contribution >= 4 is 7.82 Å². The highest BCUT2D eigenvalue weighted by Gasteiger charge is 2.66. The third-order valence-electron chi connectivity index (χ3n) is 6.90. The maximum Gasteiger partial charge on any atom is 0.474 e. The molecule has 36 heavy (non-hydrogen) atoms. The molecule has 0 unspecified atom stereocenters. The van der Waals surface area contributed by atoms with E-state index in [4.69, 9.17) is 18.5 Å². The maximum atomic E-state index is 14.0. The monoisotopic (exact) mass is 500 g/mol. The summed E-state index contributed by atoms with van der Waals surface area (Å²) in [7, 11) is -4.75. The fourth-order valence-electron chi connectivity index (χ4n) is 5.45. The zero-order valence-corrected chi connectivity index (χ0v) is 20.2. The first-order chi connectivity index (χ1) is 17.6. The molecule has 2 atom stereocenters. The van der Waals surface area contributed by atoms with Crippen LogP contribution < -0.4 is 0 Å². The van der Waals surface area contributed by atoms with Gasteiger partial charge in [-0.2, -0.15) is 0 Å². The smallest absolute Gasteiger partial charge is 0.346 e. The van der Waals surface area contributed by atoms with E-state index in [2.05, 4.69) is 0 Å². The van der Waals surface area contributed by atoms with Crippen molar-refractivity contribution in [2.24, 2.45) is 0 Å². The number of hydrogen-bond acceptors (Lipinski definition) is 5. The van der Waals surface area contributed by atoms with Crippen LogP contribution in [0.1, 0.15) is 22.3 Å².